The molecule has 2 heterocycles. The standard InChI is InChI=1S/C19H18N2O5S/c1-24-14-8-11(9-15(25-2)17(14)26-3)21-16(22)10-27-19(21)12-6-4-5-7-13(12)20-18(19)23/h4-9H,10H2,1-3H3,(H,20,23)/t19-/m1/s1. The quantitative estimate of drug-likeness (QED) is 0.870. The number of nitrogens with one attached hydrogen (secondary N) is 1. The lowest BCUT2D eigenvalue weighted by atomic mass is 10.0. The second-order valence-electron chi connectivity index (χ2n) is 6.05. The van der Waals surface area contributed by atoms with Crippen LogP contribution in [0.2, 0.25) is 0 Å². The molecule has 0 bridgehead atoms. The summed E-state index contributed by atoms with van der Waals surface area (Å²) in [6.45, 7) is 0. The fraction of sp³-hybridized carbons (Fsp3) is 0.263. The predicted molar refractivity (Wildman–Crippen MR) is 103 cm³/mol. The van der Waals surface area contributed by atoms with Crippen LogP contribution in [0.4, 0.5) is 11.4 Å². The molecule has 2 aliphatic heterocycles. The van der Waals surface area contributed by atoms with Gasteiger partial charge in [-0.2, -0.15) is 0 Å². The van der Waals surface area contributed by atoms with Crippen molar-refractivity contribution < 1.29 is 23.8 Å². The first-order valence-corrected chi connectivity index (χ1v) is 9.23. The Morgan fingerprint density at radius 1 is 1.04 bits per heavy atom. The molecule has 1 N–H and O–H groups in total. The fourth-order valence-corrected chi connectivity index (χ4v) is 4.89. The molecule has 0 unspecified atom stereocenters. The molecule has 2 aliphatic rings. The third kappa shape index (κ3) is 2.36. The number of benzene rings is 2. The maximum absolute atomic E-state index is 13.0. The van der Waals surface area contributed by atoms with Gasteiger partial charge in [0.1, 0.15) is 0 Å². The second-order valence-corrected chi connectivity index (χ2v) is 7.21. The van der Waals surface area contributed by atoms with Gasteiger partial charge < -0.3 is 19.5 Å². The number of carbonyl (C=O) groups is 2. The van der Waals surface area contributed by atoms with Crippen molar-refractivity contribution in [2.45, 2.75) is 4.87 Å². The Hall–Kier alpha value is -2.87. The van der Waals surface area contributed by atoms with Gasteiger partial charge in [0.05, 0.1) is 32.8 Å². The summed E-state index contributed by atoms with van der Waals surface area (Å²) in [5, 5.41) is 2.89. The summed E-state index contributed by atoms with van der Waals surface area (Å²) in [5.74, 6) is 1.04. The highest BCUT2D eigenvalue weighted by Crippen LogP contribution is 2.55. The minimum Gasteiger partial charge on any atom is -0.493 e. The average molecular weight is 386 g/mol. The molecule has 1 fully saturated rings. The van der Waals surface area contributed by atoms with Crippen molar-refractivity contribution in [1.29, 1.82) is 0 Å². The molecule has 0 aliphatic carbocycles. The van der Waals surface area contributed by atoms with Crippen molar-refractivity contribution in [2.75, 3.05) is 37.3 Å². The van der Waals surface area contributed by atoms with Crippen LogP contribution in [0.3, 0.4) is 0 Å². The van der Waals surface area contributed by atoms with Crippen LogP contribution >= 0.6 is 11.8 Å². The van der Waals surface area contributed by atoms with E-state index in [-0.39, 0.29) is 17.6 Å². The Bertz CT molecular complexity index is 922. The van der Waals surface area contributed by atoms with E-state index in [2.05, 4.69) is 5.32 Å². The zero-order valence-electron chi connectivity index (χ0n) is 15.1. The van der Waals surface area contributed by atoms with Crippen molar-refractivity contribution in [2.24, 2.45) is 0 Å². The van der Waals surface area contributed by atoms with Gasteiger partial charge in [-0.3, -0.25) is 14.5 Å². The Balaban J connectivity index is 1.93. The van der Waals surface area contributed by atoms with Crippen LogP contribution in [0.25, 0.3) is 0 Å². The van der Waals surface area contributed by atoms with Crippen molar-refractivity contribution in [3.05, 3.63) is 42.0 Å². The Labute approximate surface area is 160 Å². The topological polar surface area (TPSA) is 77.1 Å². The third-order valence-corrected chi connectivity index (χ3v) is 6.12. The lowest BCUT2D eigenvalue weighted by Gasteiger charge is -2.32. The smallest absolute Gasteiger partial charge is 0.266 e. The maximum atomic E-state index is 13.0. The summed E-state index contributed by atoms with van der Waals surface area (Å²) in [6, 6.07) is 10.8. The Kier molecular flexibility index (Phi) is 4.15. The number of methoxy groups -OCH3 is 3. The number of thioether (sulfide) groups is 1. The number of anilines is 2. The van der Waals surface area contributed by atoms with E-state index in [1.54, 1.807) is 12.1 Å². The van der Waals surface area contributed by atoms with E-state index >= 15 is 0 Å². The van der Waals surface area contributed by atoms with Crippen LogP contribution in [-0.4, -0.2) is 38.9 Å². The Morgan fingerprint density at radius 3 is 2.33 bits per heavy atom. The lowest BCUT2D eigenvalue weighted by molar-refractivity contribution is -0.122. The average Bonchev–Trinajstić information content (AvgIpc) is 3.18. The van der Waals surface area contributed by atoms with Crippen molar-refractivity contribution in [3.8, 4) is 17.2 Å². The van der Waals surface area contributed by atoms with Crippen LogP contribution in [0, 0.1) is 0 Å². The molecule has 2 aromatic rings. The molecule has 0 saturated carbocycles. The summed E-state index contributed by atoms with van der Waals surface area (Å²) in [4.78, 5) is 26.2. The molecule has 1 saturated heterocycles. The van der Waals surface area contributed by atoms with Gasteiger partial charge in [0.15, 0.2) is 11.5 Å². The SMILES string of the molecule is COc1cc(N2C(=O)CS[C@]23C(=O)Nc2ccccc23)cc(OC)c1OC. The molecular weight excluding hydrogens is 368 g/mol. The van der Waals surface area contributed by atoms with Gasteiger partial charge >= 0.3 is 0 Å². The van der Waals surface area contributed by atoms with Crippen LogP contribution in [0.5, 0.6) is 17.2 Å². The highest BCUT2D eigenvalue weighted by atomic mass is 32.2. The van der Waals surface area contributed by atoms with E-state index < -0.39 is 4.87 Å². The van der Waals surface area contributed by atoms with Crippen molar-refractivity contribution in [3.63, 3.8) is 0 Å². The number of amides is 2. The van der Waals surface area contributed by atoms with Crippen LogP contribution < -0.4 is 24.4 Å². The predicted octanol–water partition coefficient (Wildman–Crippen LogP) is 2.60. The van der Waals surface area contributed by atoms with Gasteiger partial charge in [0.25, 0.3) is 5.91 Å². The van der Waals surface area contributed by atoms with E-state index in [1.165, 1.54) is 38.0 Å². The second kappa shape index (κ2) is 6.38. The first kappa shape index (κ1) is 17.5. The summed E-state index contributed by atoms with van der Waals surface area (Å²) in [6.07, 6.45) is 0. The van der Waals surface area contributed by atoms with Gasteiger partial charge in [-0.05, 0) is 6.07 Å². The number of hydrogen-bond acceptors (Lipinski definition) is 6. The van der Waals surface area contributed by atoms with Gasteiger partial charge in [-0.1, -0.05) is 18.2 Å². The molecule has 1 atom stereocenters. The number of fused-ring (bicyclic) bond motifs is 2. The molecule has 4 rings (SSSR count). The molecule has 0 aromatic heterocycles. The molecule has 140 valence electrons. The fourth-order valence-electron chi connectivity index (χ4n) is 3.58. The van der Waals surface area contributed by atoms with Crippen LogP contribution in [0.1, 0.15) is 5.56 Å². The number of para-hydroxylation sites is 1. The number of nitrogens with zero attached hydrogens (tertiary/aromatic N) is 1. The van der Waals surface area contributed by atoms with E-state index in [4.69, 9.17) is 14.2 Å². The maximum Gasteiger partial charge on any atom is 0.266 e. The minimum atomic E-state index is -1.15. The summed E-state index contributed by atoms with van der Waals surface area (Å²) in [7, 11) is 4.53. The zero-order chi connectivity index (χ0) is 19.2. The monoisotopic (exact) mass is 386 g/mol. The number of carbonyl (C=O) groups excluding carboxylic acids is 2. The molecule has 1 spiro atoms. The number of ether oxygens (including phenoxy) is 3. The minimum absolute atomic E-state index is 0.166. The van der Waals surface area contributed by atoms with E-state index in [9.17, 15) is 9.59 Å². The molecule has 7 nitrogen and oxygen atoms in total. The normalized spacial score (nSPS) is 20.6. The van der Waals surface area contributed by atoms with Crippen molar-refractivity contribution >= 4 is 35.0 Å². The van der Waals surface area contributed by atoms with Gasteiger partial charge in [0.2, 0.25) is 16.5 Å². The Morgan fingerprint density at radius 2 is 1.70 bits per heavy atom. The van der Waals surface area contributed by atoms with Gasteiger partial charge in [-0.25, -0.2) is 0 Å². The highest BCUT2D eigenvalue weighted by molar-refractivity contribution is 8.02. The molecule has 2 amide bonds. The summed E-state index contributed by atoms with van der Waals surface area (Å²) in [5.41, 5.74) is 1.98. The molecule has 27 heavy (non-hydrogen) atoms. The zero-order valence-corrected chi connectivity index (χ0v) is 15.9. The lowest BCUT2D eigenvalue weighted by Crippen LogP contribution is -2.47. The molecule has 2 aromatic carbocycles. The summed E-state index contributed by atoms with van der Waals surface area (Å²) >= 11 is 1.30. The largest absolute Gasteiger partial charge is 0.493 e. The molecule has 0 radical (unpaired) electrons. The highest BCUT2D eigenvalue weighted by Gasteiger charge is 2.58. The van der Waals surface area contributed by atoms with Gasteiger partial charge in [-0.15, -0.1) is 11.8 Å². The first-order valence-electron chi connectivity index (χ1n) is 8.24. The van der Waals surface area contributed by atoms with Crippen LogP contribution in [-0.2, 0) is 14.5 Å². The van der Waals surface area contributed by atoms with E-state index in [0.29, 0.717) is 28.6 Å². The number of hydrogen-bond donors (Lipinski definition) is 1. The number of rotatable bonds is 4. The van der Waals surface area contributed by atoms with Crippen LogP contribution in [0.15, 0.2) is 36.4 Å². The van der Waals surface area contributed by atoms with Crippen molar-refractivity contribution in [1.82, 2.24) is 0 Å². The van der Waals surface area contributed by atoms with Gasteiger partial charge in [0, 0.05) is 23.4 Å². The molecular formula is C19H18N2O5S. The third-order valence-electron chi connectivity index (χ3n) is 4.72. The summed E-state index contributed by atoms with van der Waals surface area (Å²) < 4.78 is 16.2. The molecule has 8 heteroatoms. The van der Waals surface area contributed by atoms with E-state index in [1.807, 2.05) is 24.3 Å². The first-order chi connectivity index (χ1) is 13.1. The van der Waals surface area contributed by atoms with E-state index in [0.717, 1.165) is 5.56 Å².